The SMILES string of the molecule is COc1ccccc1OCCNC(=O)C[NH2+][C@@H](C)c1cccc2ccccc12. The molecule has 0 aliphatic carbocycles. The number of ether oxygens (including phenoxy) is 2. The van der Waals surface area contributed by atoms with Gasteiger partial charge >= 0.3 is 0 Å². The van der Waals surface area contributed by atoms with E-state index in [0.717, 1.165) is 0 Å². The summed E-state index contributed by atoms with van der Waals surface area (Å²) in [5, 5.41) is 7.41. The quantitative estimate of drug-likeness (QED) is 0.562. The van der Waals surface area contributed by atoms with Crippen LogP contribution in [0.1, 0.15) is 18.5 Å². The maximum atomic E-state index is 12.2. The van der Waals surface area contributed by atoms with E-state index in [1.54, 1.807) is 7.11 Å². The highest BCUT2D eigenvalue weighted by Crippen LogP contribution is 2.25. The highest BCUT2D eigenvalue weighted by atomic mass is 16.5. The third-order valence-corrected chi connectivity index (χ3v) is 4.72. The van der Waals surface area contributed by atoms with Crippen molar-refractivity contribution in [1.82, 2.24) is 5.32 Å². The molecule has 0 spiro atoms. The van der Waals surface area contributed by atoms with Crippen LogP contribution in [0, 0.1) is 0 Å². The number of hydrogen-bond acceptors (Lipinski definition) is 3. The second-order valence-electron chi connectivity index (χ2n) is 6.65. The van der Waals surface area contributed by atoms with Crippen molar-refractivity contribution < 1.29 is 19.6 Å². The normalized spacial score (nSPS) is 11.8. The molecule has 3 rings (SSSR count). The first kappa shape index (κ1) is 19.7. The Morgan fingerprint density at radius 1 is 1.00 bits per heavy atom. The summed E-state index contributed by atoms with van der Waals surface area (Å²) in [7, 11) is 1.61. The summed E-state index contributed by atoms with van der Waals surface area (Å²) in [5.41, 5.74) is 1.24. The third kappa shape index (κ3) is 5.02. The molecule has 0 aromatic heterocycles. The van der Waals surface area contributed by atoms with Crippen molar-refractivity contribution in [2.24, 2.45) is 0 Å². The maximum absolute atomic E-state index is 12.2. The highest BCUT2D eigenvalue weighted by molar-refractivity contribution is 5.85. The fourth-order valence-corrected chi connectivity index (χ4v) is 3.22. The Morgan fingerprint density at radius 2 is 1.71 bits per heavy atom. The van der Waals surface area contributed by atoms with Crippen molar-refractivity contribution >= 4 is 16.7 Å². The van der Waals surface area contributed by atoms with Gasteiger partial charge in [0.2, 0.25) is 0 Å². The second kappa shape index (κ2) is 9.76. The van der Waals surface area contributed by atoms with Crippen LogP contribution in [0.2, 0.25) is 0 Å². The van der Waals surface area contributed by atoms with E-state index in [4.69, 9.17) is 9.47 Å². The molecule has 5 nitrogen and oxygen atoms in total. The molecule has 1 atom stereocenters. The van der Waals surface area contributed by atoms with Gasteiger partial charge in [-0.2, -0.15) is 0 Å². The molecule has 5 heteroatoms. The van der Waals surface area contributed by atoms with Crippen molar-refractivity contribution in [2.75, 3.05) is 26.8 Å². The molecule has 0 aliphatic rings. The predicted octanol–water partition coefficient (Wildman–Crippen LogP) is 2.67. The molecule has 1 amide bonds. The van der Waals surface area contributed by atoms with Gasteiger partial charge in [0.05, 0.1) is 13.7 Å². The molecule has 3 N–H and O–H groups in total. The van der Waals surface area contributed by atoms with Crippen LogP contribution in [0.25, 0.3) is 10.8 Å². The Kier molecular flexibility index (Phi) is 6.87. The molecule has 0 unspecified atom stereocenters. The van der Waals surface area contributed by atoms with Gasteiger partial charge in [-0.15, -0.1) is 0 Å². The average molecular weight is 379 g/mol. The zero-order valence-corrected chi connectivity index (χ0v) is 16.4. The van der Waals surface area contributed by atoms with Crippen LogP contribution >= 0.6 is 0 Å². The number of nitrogens with two attached hydrogens (primary N) is 1. The molecule has 0 heterocycles. The molecule has 0 saturated heterocycles. The van der Waals surface area contributed by atoms with Crippen LogP contribution in [0.4, 0.5) is 0 Å². The van der Waals surface area contributed by atoms with Gasteiger partial charge in [0.25, 0.3) is 5.91 Å². The summed E-state index contributed by atoms with van der Waals surface area (Å²) in [6, 6.07) is 22.3. The molecule has 0 aliphatic heterocycles. The van der Waals surface area contributed by atoms with Gasteiger partial charge in [-0.1, -0.05) is 54.6 Å². The largest absolute Gasteiger partial charge is 0.493 e. The van der Waals surface area contributed by atoms with E-state index in [1.807, 2.05) is 36.4 Å². The van der Waals surface area contributed by atoms with E-state index in [2.05, 4.69) is 47.9 Å². The van der Waals surface area contributed by atoms with Gasteiger partial charge in [-0.3, -0.25) is 4.79 Å². The smallest absolute Gasteiger partial charge is 0.275 e. The number of carbonyl (C=O) groups is 1. The summed E-state index contributed by atoms with van der Waals surface area (Å²) < 4.78 is 10.9. The topological polar surface area (TPSA) is 64.2 Å². The zero-order valence-electron chi connectivity index (χ0n) is 16.4. The standard InChI is InChI=1S/C23H26N2O3/c1-17(19-11-7-9-18-8-3-4-10-20(18)19)25-16-23(26)24-14-15-28-22-13-6-5-12-21(22)27-2/h3-13,17,25H,14-16H2,1-2H3,(H,24,26)/p+1/t17-/m0/s1. The first-order valence-electron chi connectivity index (χ1n) is 9.52. The number of hydrogen-bond donors (Lipinski definition) is 2. The zero-order chi connectivity index (χ0) is 19.8. The number of methoxy groups -OCH3 is 1. The number of quaternary nitrogens is 1. The number of carbonyl (C=O) groups excluding carboxylic acids is 1. The van der Waals surface area contributed by atoms with Crippen LogP contribution in [0.3, 0.4) is 0 Å². The number of amides is 1. The molecular formula is C23H27N2O3+. The van der Waals surface area contributed by atoms with Gasteiger partial charge in [0, 0.05) is 5.56 Å². The van der Waals surface area contributed by atoms with Crippen molar-refractivity contribution in [3.05, 3.63) is 72.3 Å². The molecule has 0 radical (unpaired) electrons. The Morgan fingerprint density at radius 3 is 2.54 bits per heavy atom. The van der Waals surface area contributed by atoms with Gasteiger partial charge < -0.3 is 20.1 Å². The van der Waals surface area contributed by atoms with Crippen LogP contribution in [-0.2, 0) is 4.79 Å². The molecule has 3 aromatic rings. The van der Waals surface area contributed by atoms with Gasteiger partial charge in [0.1, 0.15) is 12.6 Å². The summed E-state index contributed by atoms with van der Waals surface area (Å²) in [4.78, 5) is 12.2. The minimum Gasteiger partial charge on any atom is -0.493 e. The molecule has 28 heavy (non-hydrogen) atoms. The van der Waals surface area contributed by atoms with Crippen LogP contribution in [-0.4, -0.2) is 32.7 Å². The van der Waals surface area contributed by atoms with Crippen LogP contribution in [0.5, 0.6) is 11.5 Å². The van der Waals surface area contributed by atoms with Gasteiger partial charge in [-0.25, -0.2) is 0 Å². The lowest BCUT2D eigenvalue weighted by Crippen LogP contribution is -2.87. The minimum absolute atomic E-state index is 0.00397. The molecule has 0 bridgehead atoms. The summed E-state index contributed by atoms with van der Waals surface area (Å²) in [6.45, 7) is 3.34. The Bertz CT molecular complexity index is 921. The lowest BCUT2D eigenvalue weighted by molar-refractivity contribution is -0.682. The first-order chi connectivity index (χ1) is 13.7. The number of para-hydroxylation sites is 2. The molecule has 0 saturated carbocycles. The second-order valence-corrected chi connectivity index (χ2v) is 6.65. The number of fused-ring (bicyclic) bond motifs is 1. The molecule has 0 fully saturated rings. The predicted molar refractivity (Wildman–Crippen MR) is 111 cm³/mol. The van der Waals surface area contributed by atoms with E-state index < -0.39 is 0 Å². The number of benzene rings is 3. The maximum Gasteiger partial charge on any atom is 0.275 e. The molecule has 3 aromatic carbocycles. The van der Waals surface area contributed by atoms with Crippen molar-refractivity contribution in [3.63, 3.8) is 0 Å². The number of rotatable bonds is 9. The minimum atomic E-state index is -0.00397. The highest BCUT2D eigenvalue weighted by Gasteiger charge is 2.14. The van der Waals surface area contributed by atoms with E-state index in [9.17, 15) is 4.79 Å². The van der Waals surface area contributed by atoms with Crippen LogP contribution < -0.4 is 20.1 Å². The van der Waals surface area contributed by atoms with Gasteiger partial charge in [-0.05, 0) is 29.8 Å². The molecule has 146 valence electrons. The number of nitrogens with one attached hydrogen (secondary N) is 1. The van der Waals surface area contributed by atoms with Crippen molar-refractivity contribution in [1.29, 1.82) is 0 Å². The van der Waals surface area contributed by atoms with E-state index in [-0.39, 0.29) is 11.9 Å². The first-order valence-corrected chi connectivity index (χ1v) is 9.52. The van der Waals surface area contributed by atoms with E-state index in [1.165, 1.54) is 16.3 Å². The lowest BCUT2D eigenvalue weighted by atomic mass is 10.00. The summed E-state index contributed by atoms with van der Waals surface area (Å²) >= 11 is 0. The fourth-order valence-electron chi connectivity index (χ4n) is 3.22. The van der Waals surface area contributed by atoms with Crippen molar-refractivity contribution in [2.45, 2.75) is 13.0 Å². The fraction of sp³-hybridized carbons (Fsp3) is 0.261. The average Bonchev–Trinajstić information content (AvgIpc) is 2.75. The monoisotopic (exact) mass is 379 g/mol. The summed E-state index contributed by atoms with van der Waals surface area (Å²) in [6.07, 6.45) is 0. The Labute approximate surface area is 165 Å². The Hall–Kier alpha value is -3.05. The van der Waals surface area contributed by atoms with E-state index in [0.29, 0.717) is 31.2 Å². The van der Waals surface area contributed by atoms with Crippen LogP contribution in [0.15, 0.2) is 66.7 Å². The third-order valence-electron chi connectivity index (χ3n) is 4.72. The lowest BCUT2D eigenvalue weighted by Gasteiger charge is -2.14. The summed E-state index contributed by atoms with van der Waals surface area (Å²) in [5.74, 6) is 1.36. The van der Waals surface area contributed by atoms with Crippen molar-refractivity contribution in [3.8, 4) is 11.5 Å². The molecular weight excluding hydrogens is 352 g/mol. The van der Waals surface area contributed by atoms with Gasteiger partial charge in [0.15, 0.2) is 18.0 Å². The van der Waals surface area contributed by atoms with E-state index >= 15 is 0 Å². The Balaban J connectivity index is 1.44.